The highest BCUT2D eigenvalue weighted by molar-refractivity contribution is 7.98. The minimum atomic E-state index is -3.71. The fraction of sp³-hybridized carbons (Fsp3) is 0.417. The normalized spacial score (nSPS) is 17.7. The number of thioether (sulfide) groups is 1. The molecule has 2 aromatic carbocycles. The quantitative estimate of drug-likeness (QED) is 0.410. The second-order valence-electron chi connectivity index (χ2n) is 8.19. The molecule has 0 N–H and O–H groups in total. The van der Waals surface area contributed by atoms with Crippen LogP contribution in [0.5, 0.6) is 5.75 Å². The van der Waals surface area contributed by atoms with E-state index in [1.165, 1.54) is 34.9 Å². The zero-order valence-electron chi connectivity index (χ0n) is 20.0. The molecule has 1 aromatic heterocycles. The number of nitrogens with zero attached hydrogens (tertiary/aromatic N) is 3. The summed E-state index contributed by atoms with van der Waals surface area (Å²) in [4.78, 5) is 19.7. The standard InChI is InChI=1S/C24H29N3O5S3/c1-31-14-13-27-21-11-8-19(33-3)15-22(21)34-24(27)25-23(28)17-5-4-12-26(16-17)35(29,30)20-9-6-18(32-2)7-10-20/h6-11,15,17H,4-5,12-14,16H2,1-3H3. The van der Waals surface area contributed by atoms with Gasteiger partial charge in [0.1, 0.15) is 5.75 Å². The smallest absolute Gasteiger partial charge is 0.252 e. The molecule has 188 valence electrons. The van der Waals surface area contributed by atoms with E-state index in [0.29, 0.717) is 43.1 Å². The number of ether oxygens (including phenoxy) is 2. The van der Waals surface area contributed by atoms with Crippen LogP contribution in [0.3, 0.4) is 0 Å². The summed E-state index contributed by atoms with van der Waals surface area (Å²) in [5.74, 6) is -0.189. The molecule has 0 saturated carbocycles. The first kappa shape index (κ1) is 25.9. The number of hydrogen-bond acceptors (Lipinski definition) is 7. The van der Waals surface area contributed by atoms with Crippen LogP contribution >= 0.6 is 23.1 Å². The van der Waals surface area contributed by atoms with Crippen LogP contribution in [-0.2, 0) is 26.1 Å². The van der Waals surface area contributed by atoms with Gasteiger partial charge in [0.15, 0.2) is 4.80 Å². The molecule has 1 fully saturated rings. The summed E-state index contributed by atoms with van der Waals surface area (Å²) >= 11 is 3.13. The Morgan fingerprint density at radius 2 is 1.97 bits per heavy atom. The number of rotatable bonds is 8. The van der Waals surface area contributed by atoms with Crippen molar-refractivity contribution >= 4 is 49.2 Å². The number of carbonyl (C=O) groups is 1. The van der Waals surface area contributed by atoms with E-state index in [-0.39, 0.29) is 17.3 Å². The number of carbonyl (C=O) groups excluding carboxylic acids is 1. The number of aromatic nitrogens is 1. The average Bonchev–Trinajstić information content (AvgIpc) is 3.23. The van der Waals surface area contributed by atoms with Crippen molar-refractivity contribution < 1.29 is 22.7 Å². The lowest BCUT2D eigenvalue weighted by molar-refractivity contribution is -0.122. The lowest BCUT2D eigenvalue weighted by Crippen LogP contribution is -2.42. The number of sulfonamides is 1. The Kier molecular flexibility index (Phi) is 8.33. The van der Waals surface area contributed by atoms with Crippen LogP contribution in [0.2, 0.25) is 0 Å². The zero-order valence-corrected chi connectivity index (χ0v) is 22.4. The van der Waals surface area contributed by atoms with E-state index >= 15 is 0 Å². The number of amides is 1. The highest BCUT2D eigenvalue weighted by Gasteiger charge is 2.33. The maximum Gasteiger partial charge on any atom is 0.252 e. The van der Waals surface area contributed by atoms with Crippen molar-refractivity contribution in [1.82, 2.24) is 8.87 Å². The third-order valence-corrected chi connectivity index (χ3v) is 9.69. The van der Waals surface area contributed by atoms with Gasteiger partial charge in [-0.05, 0) is 61.6 Å². The third kappa shape index (κ3) is 5.64. The monoisotopic (exact) mass is 535 g/mol. The van der Waals surface area contributed by atoms with Gasteiger partial charge in [0.2, 0.25) is 10.0 Å². The first-order valence-corrected chi connectivity index (χ1v) is 14.7. The molecule has 3 aromatic rings. The molecule has 0 aliphatic carbocycles. The number of piperidine rings is 1. The van der Waals surface area contributed by atoms with E-state index in [4.69, 9.17) is 9.47 Å². The van der Waals surface area contributed by atoms with Gasteiger partial charge >= 0.3 is 0 Å². The number of fused-ring (bicyclic) bond motifs is 1. The summed E-state index contributed by atoms with van der Waals surface area (Å²) in [6, 6.07) is 12.5. The Balaban J connectivity index is 1.61. The van der Waals surface area contributed by atoms with Gasteiger partial charge in [0, 0.05) is 31.6 Å². The Hall–Kier alpha value is -2.18. The maximum absolute atomic E-state index is 13.2. The molecule has 8 nitrogen and oxygen atoms in total. The minimum Gasteiger partial charge on any atom is -0.497 e. The third-order valence-electron chi connectivity index (χ3n) is 6.05. The topological polar surface area (TPSA) is 90.2 Å². The van der Waals surface area contributed by atoms with Crippen molar-refractivity contribution in [2.75, 3.05) is 40.2 Å². The lowest BCUT2D eigenvalue weighted by Gasteiger charge is -2.30. The van der Waals surface area contributed by atoms with E-state index in [2.05, 4.69) is 17.1 Å². The molecular formula is C24H29N3O5S3. The molecule has 1 atom stereocenters. The highest BCUT2D eigenvalue weighted by atomic mass is 32.2. The van der Waals surface area contributed by atoms with Gasteiger partial charge in [-0.1, -0.05) is 11.3 Å². The summed E-state index contributed by atoms with van der Waals surface area (Å²) in [6.45, 7) is 1.57. The van der Waals surface area contributed by atoms with Crippen LogP contribution in [-0.4, -0.2) is 63.4 Å². The molecule has 1 unspecified atom stereocenters. The molecule has 4 rings (SSSR count). The zero-order chi connectivity index (χ0) is 25.0. The van der Waals surface area contributed by atoms with Gasteiger partial charge < -0.3 is 14.0 Å². The Morgan fingerprint density at radius 1 is 1.20 bits per heavy atom. The van der Waals surface area contributed by atoms with Crippen molar-refractivity contribution in [2.24, 2.45) is 10.9 Å². The van der Waals surface area contributed by atoms with Crippen molar-refractivity contribution in [3.05, 3.63) is 47.3 Å². The van der Waals surface area contributed by atoms with Crippen molar-refractivity contribution in [1.29, 1.82) is 0 Å². The van der Waals surface area contributed by atoms with E-state index in [1.54, 1.807) is 31.0 Å². The van der Waals surface area contributed by atoms with Crippen LogP contribution < -0.4 is 9.54 Å². The van der Waals surface area contributed by atoms with Gasteiger partial charge in [0.05, 0.1) is 34.7 Å². The number of methoxy groups -OCH3 is 2. The van der Waals surface area contributed by atoms with Crippen LogP contribution in [0.15, 0.2) is 57.2 Å². The van der Waals surface area contributed by atoms with E-state index in [9.17, 15) is 13.2 Å². The molecule has 2 heterocycles. The van der Waals surface area contributed by atoms with Gasteiger partial charge in [-0.25, -0.2) is 8.42 Å². The summed E-state index contributed by atoms with van der Waals surface area (Å²) in [5, 5.41) is 0. The maximum atomic E-state index is 13.2. The van der Waals surface area contributed by atoms with E-state index < -0.39 is 15.9 Å². The molecule has 0 radical (unpaired) electrons. The number of hydrogen-bond donors (Lipinski definition) is 0. The Labute approximate surface area is 213 Å². The summed E-state index contributed by atoms with van der Waals surface area (Å²) < 4.78 is 41.2. The van der Waals surface area contributed by atoms with Crippen LogP contribution in [0, 0.1) is 5.92 Å². The lowest BCUT2D eigenvalue weighted by atomic mass is 9.99. The Morgan fingerprint density at radius 3 is 2.66 bits per heavy atom. The van der Waals surface area contributed by atoms with Crippen molar-refractivity contribution in [2.45, 2.75) is 29.2 Å². The van der Waals surface area contributed by atoms with Crippen molar-refractivity contribution in [3.8, 4) is 5.75 Å². The summed E-state index contributed by atoms with van der Waals surface area (Å²) in [5.41, 5.74) is 1.00. The minimum absolute atomic E-state index is 0.121. The fourth-order valence-corrected chi connectivity index (χ4v) is 7.25. The Bertz CT molecular complexity index is 1360. The van der Waals surface area contributed by atoms with Gasteiger partial charge in [-0.3, -0.25) is 4.79 Å². The molecule has 1 aliphatic rings. The van der Waals surface area contributed by atoms with Crippen LogP contribution in [0.4, 0.5) is 0 Å². The molecule has 35 heavy (non-hydrogen) atoms. The predicted octanol–water partition coefficient (Wildman–Crippen LogP) is 3.61. The number of benzene rings is 2. The predicted molar refractivity (Wildman–Crippen MR) is 139 cm³/mol. The van der Waals surface area contributed by atoms with E-state index in [0.717, 1.165) is 15.1 Å². The first-order chi connectivity index (χ1) is 16.9. The molecule has 1 amide bonds. The molecule has 1 saturated heterocycles. The highest BCUT2D eigenvalue weighted by Crippen LogP contribution is 2.27. The second-order valence-corrected chi connectivity index (χ2v) is 12.0. The second kappa shape index (κ2) is 11.3. The van der Waals surface area contributed by atoms with Crippen molar-refractivity contribution in [3.63, 3.8) is 0 Å². The summed E-state index contributed by atoms with van der Waals surface area (Å²) in [6.07, 6.45) is 3.24. The molecule has 0 spiro atoms. The average molecular weight is 536 g/mol. The first-order valence-electron chi connectivity index (χ1n) is 11.3. The van der Waals surface area contributed by atoms with Crippen LogP contribution in [0.1, 0.15) is 12.8 Å². The van der Waals surface area contributed by atoms with Gasteiger partial charge in [-0.2, -0.15) is 9.30 Å². The van der Waals surface area contributed by atoms with Gasteiger partial charge in [-0.15, -0.1) is 11.8 Å². The van der Waals surface area contributed by atoms with Crippen LogP contribution in [0.25, 0.3) is 10.2 Å². The van der Waals surface area contributed by atoms with Gasteiger partial charge in [0.25, 0.3) is 5.91 Å². The fourth-order valence-electron chi connectivity index (χ4n) is 4.11. The molecular weight excluding hydrogens is 506 g/mol. The number of thiazole rings is 1. The molecule has 1 aliphatic heterocycles. The van der Waals surface area contributed by atoms with E-state index in [1.807, 2.05) is 16.9 Å². The summed E-state index contributed by atoms with van der Waals surface area (Å²) in [7, 11) is -0.538. The SMILES string of the molecule is COCCn1c(=NC(=O)C2CCCN(S(=O)(=O)c3ccc(OC)cc3)C2)sc2cc(SC)ccc21. The molecule has 0 bridgehead atoms. The molecule has 11 heteroatoms. The largest absolute Gasteiger partial charge is 0.497 e.